The first kappa shape index (κ1) is 67.1. The van der Waals surface area contributed by atoms with Gasteiger partial charge in [-0.15, -0.1) is 0 Å². The van der Waals surface area contributed by atoms with Crippen LogP contribution < -0.4 is 27.4 Å². The van der Waals surface area contributed by atoms with Crippen LogP contribution in [0.25, 0.3) is 0 Å². The van der Waals surface area contributed by atoms with Gasteiger partial charge in [-0.25, -0.2) is 0 Å². The van der Waals surface area contributed by atoms with Gasteiger partial charge in [0.25, 0.3) is 0 Å². The van der Waals surface area contributed by atoms with Gasteiger partial charge in [0.1, 0.15) is 0 Å². The number of nitrogens with two attached hydrogens (primary N) is 2. The zero-order valence-electron chi connectivity index (χ0n) is 35.8. The van der Waals surface area contributed by atoms with Crippen LogP contribution in [-0.4, -0.2) is 256 Å². The minimum absolute atomic E-state index is 0.163. The number of hydrogen-bond acceptors (Lipinski definition) is 18. The van der Waals surface area contributed by atoms with Crippen LogP contribution in [0, 0.1) is 0 Å². The van der Waals surface area contributed by atoms with Crippen LogP contribution in [0.2, 0.25) is 0 Å². The Morgan fingerprint density at radius 2 is 0.925 bits per heavy atom. The maximum atomic E-state index is 8.69. The molecule has 0 aliphatic carbocycles. The highest BCUT2D eigenvalue weighted by atomic mass is 16.3. The summed E-state index contributed by atoms with van der Waals surface area (Å²) in [6.45, 7) is 23.8. The van der Waals surface area contributed by atoms with Crippen molar-refractivity contribution in [3.05, 3.63) is 0 Å². The molecule has 0 aromatic heterocycles. The average Bonchev–Trinajstić information content (AvgIpc) is 3.09. The van der Waals surface area contributed by atoms with E-state index in [2.05, 4.69) is 48.5 Å². The molecule has 0 amide bonds. The third kappa shape index (κ3) is 85.0. The van der Waals surface area contributed by atoms with E-state index >= 15 is 0 Å². The molecular formula is C35H93N9O9. The maximum Gasteiger partial charge on any atom is 0.0636 e. The number of nitrogens with zero attached hydrogens (tertiary/aromatic N) is 4. The Labute approximate surface area is 325 Å². The van der Waals surface area contributed by atoms with Crippen molar-refractivity contribution in [2.45, 2.75) is 59.7 Å². The molecule has 0 spiro atoms. The summed E-state index contributed by atoms with van der Waals surface area (Å²) in [7, 11) is 7.51. The lowest BCUT2D eigenvalue weighted by Gasteiger charge is -2.29. The van der Waals surface area contributed by atoms with Gasteiger partial charge < -0.3 is 83.2 Å². The summed E-state index contributed by atoms with van der Waals surface area (Å²) < 4.78 is 0. The van der Waals surface area contributed by atoms with Crippen molar-refractivity contribution in [2.75, 3.05) is 173 Å². The first-order valence-corrected chi connectivity index (χ1v) is 18.9. The summed E-state index contributed by atoms with van der Waals surface area (Å²) in [6, 6.07) is 1.07. The predicted molar refractivity (Wildman–Crippen MR) is 221 cm³/mol. The van der Waals surface area contributed by atoms with Crippen molar-refractivity contribution in [3.8, 4) is 0 Å². The van der Waals surface area contributed by atoms with E-state index in [1.165, 1.54) is 0 Å². The summed E-state index contributed by atoms with van der Waals surface area (Å²) in [5, 5.41) is 84.0. The average molecular weight is 784 g/mol. The lowest BCUT2D eigenvalue weighted by Crippen LogP contribution is -2.38. The summed E-state index contributed by atoms with van der Waals surface area (Å²) in [5.41, 5.74) is 10.3. The van der Waals surface area contributed by atoms with Gasteiger partial charge in [-0.05, 0) is 69.4 Å². The zero-order chi connectivity index (χ0) is 42.7. The highest BCUT2D eigenvalue weighted by molar-refractivity contribution is 4.66. The van der Waals surface area contributed by atoms with Crippen molar-refractivity contribution in [1.29, 1.82) is 0 Å². The van der Waals surface area contributed by atoms with E-state index in [1.807, 2.05) is 42.8 Å². The standard InChI is InChI=1S/C8H19NO.C6H15NO2.C5H14N2O.C5H13NO2.C4H12N2O.C4H11NO.C3H9NO/c1-7(2)9(5-6-10)8(3)4;1-2-7(3-5-8)4-6-9;1-5(8)4-7-3-2-6;1-6(2-4-7)3-5-8;5-1-2-6-3-4-7;1-5(2)3-4-6;1-4-2-3-5/h7-8,10H,5-6H2,1-4H3;8-9H,2-6H2,1H3;5,7-8H,2-4,6H2,1H3;7-8H,2-5H2,1H3;6-7H,1-5H2;6H,3-4H2,1-2H3;4-5H,2-3H2,1H3. The molecule has 0 aromatic rings. The van der Waals surface area contributed by atoms with Gasteiger partial charge in [0.2, 0.25) is 0 Å². The van der Waals surface area contributed by atoms with Crippen molar-refractivity contribution in [1.82, 2.24) is 35.6 Å². The Morgan fingerprint density at radius 1 is 0.528 bits per heavy atom. The van der Waals surface area contributed by atoms with Crippen LogP contribution in [0.3, 0.4) is 0 Å². The van der Waals surface area contributed by atoms with Gasteiger partial charge in [0.05, 0.1) is 59.0 Å². The Hall–Kier alpha value is -0.720. The third-order valence-corrected chi connectivity index (χ3v) is 6.21. The quantitative estimate of drug-likeness (QED) is 0.0388. The van der Waals surface area contributed by atoms with Gasteiger partial charge in [-0.3, -0.25) is 9.80 Å². The Morgan fingerprint density at radius 3 is 1.13 bits per heavy atom. The van der Waals surface area contributed by atoms with E-state index in [0.29, 0.717) is 71.0 Å². The highest BCUT2D eigenvalue weighted by Crippen LogP contribution is 2.02. The molecule has 18 nitrogen and oxygen atoms in total. The molecule has 0 aliphatic heterocycles. The normalized spacial score (nSPS) is 10.9. The van der Waals surface area contributed by atoms with Crippen molar-refractivity contribution < 1.29 is 46.0 Å². The summed E-state index contributed by atoms with van der Waals surface area (Å²) in [4.78, 5) is 8.04. The van der Waals surface area contributed by atoms with Gasteiger partial charge in [-0.2, -0.15) is 0 Å². The first-order valence-electron chi connectivity index (χ1n) is 18.9. The first-order chi connectivity index (χ1) is 25.1. The molecule has 332 valence electrons. The topological polar surface area (TPSA) is 283 Å². The Balaban J connectivity index is -0.0000000941. The molecule has 0 radical (unpaired) electrons. The fraction of sp³-hybridized carbons (Fsp3) is 1.00. The number of aliphatic hydroxyl groups is 9. The van der Waals surface area contributed by atoms with Gasteiger partial charge in [-0.1, -0.05) is 6.92 Å². The van der Waals surface area contributed by atoms with E-state index in [9.17, 15) is 0 Å². The maximum absolute atomic E-state index is 8.69. The minimum atomic E-state index is -0.262. The van der Waals surface area contributed by atoms with Crippen LogP contribution in [0.4, 0.5) is 0 Å². The van der Waals surface area contributed by atoms with E-state index in [-0.39, 0.29) is 59.0 Å². The van der Waals surface area contributed by atoms with Crippen LogP contribution in [0.5, 0.6) is 0 Å². The van der Waals surface area contributed by atoms with E-state index in [1.54, 1.807) is 14.0 Å². The van der Waals surface area contributed by atoms with E-state index < -0.39 is 0 Å². The molecule has 0 heterocycles. The molecule has 18 heteroatoms. The number of hydrogen-bond donors (Lipinski definition) is 14. The van der Waals surface area contributed by atoms with E-state index in [4.69, 9.17) is 57.4 Å². The van der Waals surface area contributed by atoms with Gasteiger partial charge in [0, 0.05) is 97.2 Å². The molecule has 1 atom stereocenters. The second-order valence-corrected chi connectivity index (χ2v) is 12.2. The third-order valence-electron chi connectivity index (χ3n) is 6.21. The molecule has 0 saturated heterocycles. The molecular weight excluding hydrogens is 690 g/mol. The molecule has 0 aliphatic rings. The second-order valence-electron chi connectivity index (χ2n) is 12.2. The molecule has 0 aromatic carbocycles. The molecule has 0 rings (SSSR count). The fourth-order valence-electron chi connectivity index (χ4n) is 3.42. The predicted octanol–water partition coefficient (Wildman–Crippen LogP) is -4.53. The fourth-order valence-corrected chi connectivity index (χ4v) is 3.42. The SMILES string of the molecule is CC(C)N(CCO)C(C)C.CC(O)CNCCN.CCN(CCO)CCO.CN(C)CCO.CN(CCO)CCO.CNCCO.NCCNCCO. The van der Waals surface area contributed by atoms with Crippen LogP contribution in [0.15, 0.2) is 0 Å². The number of likely N-dealkylation sites (N-methyl/N-ethyl adjacent to an activating group) is 4. The lowest BCUT2D eigenvalue weighted by molar-refractivity contribution is 0.134. The molecule has 16 N–H and O–H groups in total. The minimum Gasteiger partial charge on any atom is -0.395 e. The van der Waals surface area contributed by atoms with Crippen LogP contribution in [0.1, 0.15) is 41.5 Å². The lowest BCUT2D eigenvalue weighted by atomic mass is 10.2. The van der Waals surface area contributed by atoms with Gasteiger partial charge in [0.15, 0.2) is 0 Å². The zero-order valence-corrected chi connectivity index (χ0v) is 35.8. The van der Waals surface area contributed by atoms with Crippen LogP contribution in [-0.2, 0) is 0 Å². The second kappa shape index (κ2) is 63.2. The molecule has 53 heavy (non-hydrogen) atoms. The highest BCUT2D eigenvalue weighted by Gasteiger charge is 2.11. The number of rotatable bonds is 25. The monoisotopic (exact) mass is 784 g/mol. The largest absolute Gasteiger partial charge is 0.395 e. The van der Waals surface area contributed by atoms with Gasteiger partial charge >= 0.3 is 0 Å². The van der Waals surface area contributed by atoms with Crippen molar-refractivity contribution in [3.63, 3.8) is 0 Å². The summed E-state index contributed by atoms with van der Waals surface area (Å²) in [5.74, 6) is 0. The molecule has 1 unspecified atom stereocenters. The van der Waals surface area contributed by atoms with Crippen molar-refractivity contribution >= 4 is 0 Å². The van der Waals surface area contributed by atoms with Crippen molar-refractivity contribution in [2.24, 2.45) is 11.5 Å². The molecule has 0 saturated carbocycles. The Kier molecular flexibility index (Phi) is 80.0. The summed E-state index contributed by atoms with van der Waals surface area (Å²) in [6.07, 6.45) is -0.262. The number of nitrogens with one attached hydrogen (secondary N) is 3. The molecule has 0 bridgehead atoms. The van der Waals surface area contributed by atoms with E-state index in [0.717, 1.165) is 32.7 Å². The summed E-state index contributed by atoms with van der Waals surface area (Å²) >= 11 is 0. The Bertz CT molecular complexity index is 541. The number of aliphatic hydroxyl groups excluding tert-OH is 9. The molecule has 0 fully saturated rings. The smallest absolute Gasteiger partial charge is 0.0636 e. The van der Waals surface area contributed by atoms with Crippen LogP contribution >= 0.6 is 0 Å².